The van der Waals surface area contributed by atoms with Crippen LogP contribution < -0.4 is 0 Å². The molecule has 0 unspecified atom stereocenters. The summed E-state index contributed by atoms with van der Waals surface area (Å²) < 4.78 is 1.52. The minimum Gasteiger partial charge on any atom is -0.478 e. The monoisotopic (exact) mass is 266 g/mol. The Balaban J connectivity index is 2.15. The second kappa shape index (κ2) is 4.93. The summed E-state index contributed by atoms with van der Waals surface area (Å²) in [5.74, 6) is -1.05. The second-order valence-electron chi connectivity index (χ2n) is 4.07. The van der Waals surface area contributed by atoms with Crippen LogP contribution in [-0.4, -0.2) is 30.8 Å². The summed E-state index contributed by atoms with van der Waals surface area (Å²) in [7, 11) is 0. The topological polar surface area (TPSA) is 80.9 Å². The van der Waals surface area contributed by atoms with Crippen LogP contribution in [0.4, 0.5) is 0 Å². The predicted molar refractivity (Wildman–Crippen MR) is 71.5 cm³/mol. The first-order valence-electron chi connectivity index (χ1n) is 5.90. The molecular weight excluding hydrogens is 256 g/mol. The van der Waals surface area contributed by atoms with Gasteiger partial charge in [0.25, 0.3) is 0 Å². The number of para-hydroxylation sites is 1. The van der Waals surface area contributed by atoms with Gasteiger partial charge >= 0.3 is 5.97 Å². The lowest BCUT2D eigenvalue weighted by Crippen LogP contribution is -1.97. The zero-order valence-corrected chi connectivity index (χ0v) is 10.3. The molecule has 2 heterocycles. The Morgan fingerprint density at radius 3 is 2.60 bits per heavy atom. The van der Waals surface area contributed by atoms with Gasteiger partial charge in [0.05, 0.1) is 11.9 Å². The van der Waals surface area contributed by atoms with E-state index in [1.165, 1.54) is 29.5 Å². The zero-order valence-electron chi connectivity index (χ0n) is 10.3. The van der Waals surface area contributed by atoms with E-state index in [0.29, 0.717) is 11.4 Å². The van der Waals surface area contributed by atoms with Crippen LogP contribution in [0.5, 0.6) is 0 Å². The van der Waals surface area contributed by atoms with E-state index in [2.05, 4.69) is 15.1 Å². The molecule has 0 radical (unpaired) electrons. The van der Waals surface area contributed by atoms with Gasteiger partial charge in [-0.3, -0.25) is 9.97 Å². The molecule has 20 heavy (non-hydrogen) atoms. The highest BCUT2D eigenvalue weighted by molar-refractivity contribution is 5.94. The molecule has 0 atom stereocenters. The third kappa shape index (κ3) is 2.14. The van der Waals surface area contributed by atoms with Crippen molar-refractivity contribution >= 4 is 5.97 Å². The lowest BCUT2D eigenvalue weighted by molar-refractivity contribution is 0.0697. The number of carboxylic acid groups (broad SMARTS) is 1. The summed E-state index contributed by atoms with van der Waals surface area (Å²) >= 11 is 0. The highest BCUT2D eigenvalue weighted by atomic mass is 16.4. The van der Waals surface area contributed by atoms with Crippen LogP contribution in [0.3, 0.4) is 0 Å². The predicted octanol–water partition coefficient (Wildman–Crippen LogP) is 2.03. The van der Waals surface area contributed by atoms with Crippen LogP contribution in [0.2, 0.25) is 0 Å². The highest BCUT2D eigenvalue weighted by Gasteiger charge is 2.18. The lowest BCUT2D eigenvalue weighted by Gasteiger charge is -1.99. The fourth-order valence-electron chi connectivity index (χ4n) is 1.85. The van der Waals surface area contributed by atoms with Gasteiger partial charge in [0.15, 0.2) is 0 Å². The molecule has 0 fully saturated rings. The standard InChI is InChI=1S/C14H10N4O2/c19-14(20)11-9-18(10-4-2-1-3-5-10)17-13(11)12-8-15-6-7-16-12/h1-9H,(H,19,20). The van der Waals surface area contributed by atoms with Gasteiger partial charge in [0, 0.05) is 18.6 Å². The van der Waals surface area contributed by atoms with E-state index in [9.17, 15) is 9.90 Å². The van der Waals surface area contributed by atoms with Gasteiger partial charge in [-0.2, -0.15) is 5.10 Å². The van der Waals surface area contributed by atoms with Crippen LogP contribution in [0.25, 0.3) is 17.1 Å². The van der Waals surface area contributed by atoms with Crippen molar-refractivity contribution in [3.8, 4) is 17.1 Å². The Bertz CT molecular complexity index is 738. The third-order valence-electron chi connectivity index (χ3n) is 2.77. The average Bonchev–Trinajstić information content (AvgIpc) is 2.94. The van der Waals surface area contributed by atoms with Crippen LogP contribution in [0.1, 0.15) is 10.4 Å². The summed E-state index contributed by atoms with van der Waals surface area (Å²) in [6.07, 6.45) is 5.99. The van der Waals surface area contributed by atoms with Crippen molar-refractivity contribution in [2.45, 2.75) is 0 Å². The van der Waals surface area contributed by atoms with Gasteiger partial charge < -0.3 is 5.11 Å². The molecule has 2 aromatic heterocycles. The van der Waals surface area contributed by atoms with Crippen molar-refractivity contribution in [2.24, 2.45) is 0 Å². The smallest absolute Gasteiger partial charge is 0.339 e. The maximum atomic E-state index is 11.3. The number of rotatable bonds is 3. The largest absolute Gasteiger partial charge is 0.478 e. The Morgan fingerprint density at radius 1 is 1.15 bits per heavy atom. The molecule has 0 aliphatic heterocycles. The Morgan fingerprint density at radius 2 is 1.95 bits per heavy atom. The maximum Gasteiger partial charge on any atom is 0.339 e. The molecule has 3 rings (SSSR count). The van der Waals surface area contributed by atoms with E-state index >= 15 is 0 Å². The number of aromatic nitrogens is 4. The highest BCUT2D eigenvalue weighted by Crippen LogP contribution is 2.21. The van der Waals surface area contributed by atoms with Crippen LogP contribution in [-0.2, 0) is 0 Å². The molecule has 1 N–H and O–H groups in total. The van der Waals surface area contributed by atoms with Crippen molar-refractivity contribution in [3.63, 3.8) is 0 Å². The normalized spacial score (nSPS) is 10.4. The molecule has 98 valence electrons. The number of nitrogens with zero attached hydrogens (tertiary/aromatic N) is 4. The SMILES string of the molecule is O=C(O)c1cn(-c2ccccc2)nc1-c1cnccn1. The van der Waals surface area contributed by atoms with Crippen molar-refractivity contribution in [2.75, 3.05) is 0 Å². The molecule has 0 spiro atoms. The number of hydrogen-bond donors (Lipinski definition) is 1. The third-order valence-corrected chi connectivity index (χ3v) is 2.77. The van der Waals surface area contributed by atoms with E-state index < -0.39 is 5.97 Å². The first kappa shape index (κ1) is 12.0. The number of carboxylic acids is 1. The second-order valence-corrected chi connectivity index (χ2v) is 4.07. The molecule has 0 aliphatic rings. The van der Waals surface area contributed by atoms with Gasteiger partial charge in [0.1, 0.15) is 17.0 Å². The van der Waals surface area contributed by atoms with E-state index in [1.54, 1.807) is 0 Å². The first-order valence-corrected chi connectivity index (χ1v) is 5.90. The lowest BCUT2D eigenvalue weighted by atomic mass is 10.2. The molecule has 3 aromatic rings. The summed E-state index contributed by atoms with van der Waals surface area (Å²) in [4.78, 5) is 19.4. The van der Waals surface area contributed by atoms with E-state index in [1.807, 2.05) is 30.3 Å². The van der Waals surface area contributed by atoms with Crippen LogP contribution >= 0.6 is 0 Å². The van der Waals surface area contributed by atoms with Crippen molar-refractivity contribution in [3.05, 3.63) is 60.7 Å². The number of hydrogen-bond acceptors (Lipinski definition) is 4. The molecule has 0 amide bonds. The van der Waals surface area contributed by atoms with E-state index in [-0.39, 0.29) is 5.56 Å². The van der Waals surface area contributed by atoms with Crippen LogP contribution in [0, 0.1) is 0 Å². The molecule has 1 aromatic carbocycles. The Labute approximate surface area is 114 Å². The van der Waals surface area contributed by atoms with Gasteiger partial charge in [0.2, 0.25) is 0 Å². The van der Waals surface area contributed by atoms with E-state index in [0.717, 1.165) is 5.69 Å². The molecule has 6 heteroatoms. The van der Waals surface area contributed by atoms with E-state index in [4.69, 9.17) is 0 Å². The Hall–Kier alpha value is -3.02. The molecule has 0 saturated carbocycles. The number of carbonyl (C=O) groups is 1. The zero-order chi connectivity index (χ0) is 13.9. The molecular formula is C14H10N4O2. The average molecular weight is 266 g/mol. The Kier molecular flexibility index (Phi) is 2.96. The van der Waals surface area contributed by atoms with Crippen LogP contribution in [0.15, 0.2) is 55.1 Å². The number of benzene rings is 1. The fraction of sp³-hybridized carbons (Fsp3) is 0. The maximum absolute atomic E-state index is 11.3. The molecule has 0 saturated heterocycles. The summed E-state index contributed by atoms with van der Waals surface area (Å²) in [5, 5.41) is 13.6. The molecule has 0 bridgehead atoms. The first-order chi connectivity index (χ1) is 9.75. The fourth-order valence-corrected chi connectivity index (χ4v) is 1.85. The summed E-state index contributed by atoms with van der Waals surface area (Å²) in [6.45, 7) is 0. The minimum absolute atomic E-state index is 0.0920. The van der Waals surface area contributed by atoms with Crippen molar-refractivity contribution in [1.82, 2.24) is 19.7 Å². The van der Waals surface area contributed by atoms with Gasteiger partial charge in [-0.05, 0) is 12.1 Å². The quantitative estimate of drug-likeness (QED) is 0.784. The van der Waals surface area contributed by atoms with Crippen molar-refractivity contribution < 1.29 is 9.90 Å². The minimum atomic E-state index is -1.05. The van der Waals surface area contributed by atoms with Gasteiger partial charge in [-0.1, -0.05) is 18.2 Å². The van der Waals surface area contributed by atoms with Gasteiger partial charge in [-0.25, -0.2) is 9.48 Å². The molecule has 6 nitrogen and oxygen atoms in total. The molecule has 0 aliphatic carbocycles. The summed E-state index contributed by atoms with van der Waals surface area (Å²) in [6, 6.07) is 9.30. The van der Waals surface area contributed by atoms with Crippen molar-refractivity contribution in [1.29, 1.82) is 0 Å². The van der Waals surface area contributed by atoms with Gasteiger partial charge in [-0.15, -0.1) is 0 Å². The summed E-state index contributed by atoms with van der Waals surface area (Å²) in [5.41, 5.74) is 1.61. The number of aromatic carboxylic acids is 1.